The number of carbonyl (C=O) groups excluding carboxylic acids is 2. The number of benzene rings is 3. The Morgan fingerprint density at radius 2 is 1.19 bits per heavy atom. The van der Waals surface area contributed by atoms with Gasteiger partial charge in [-0.05, 0) is 29.2 Å². The third kappa shape index (κ3) is 3.92. The largest absolute Gasteiger partial charge is 0.332 e. The summed E-state index contributed by atoms with van der Waals surface area (Å²) in [4.78, 5) is 31.8. The molecule has 2 amide bonds. The molecule has 5 heteroatoms. The lowest BCUT2D eigenvalue weighted by Crippen LogP contribution is -2.53. The Kier molecular flexibility index (Phi) is 5.73. The topological polar surface area (TPSA) is 43.9 Å². The van der Waals surface area contributed by atoms with Gasteiger partial charge in [-0.1, -0.05) is 78.9 Å². The third-order valence-corrected chi connectivity index (χ3v) is 6.51. The number of anilines is 1. The van der Waals surface area contributed by atoms with E-state index in [0.717, 1.165) is 30.8 Å². The van der Waals surface area contributed by atoms with E-state index in [1.807, 2.05) is 36.4 Å². The van der Waals surface area contributed by atoms with Gasteiger partial charge >= 0.3 is 11.8 Å². The highest BCUT2D eigenvalue weighted by molar-refractivity contribution is 6.40. The molecule has 5 rings (SSSR count). The van der Waals surface area contributed by atoms with Crippen LogP contribution >= 0.6 is 0 Å². The summed E-state index contributed by atoms with van der Waals surface area (Å²) >= 11 is 0. The zero-order valence-electron chi connectivity index (χ0n) is 18.1. The molecular weight excluding hydrogens is 398 g/mol. The van der Waals surface area contributed by atoms with Gasteiger partial charge in [0, 0.05) is 38.4 Å². The fourth-order valence-corrected chi connectivity index (χ4v) is 4.87. The quantitative estimate of drug-likeness (QED) is 0.604. The van der Waals surface area contributed by atoms with E-state index in [1.165, 1.54) is 11.1 Å². The van der Waals surface area contributed by atoms with E-state index in [-0.39, 0.29) is 6.04 Å². The standard InChI is InChI=1S/C27H27N3O2/c31-26(27(32)30-16-15-21-9-7-8-14-24(21)30)29-19-17-28(18-20-29)25(22-10-3-1-4-11-22)23-12-5-2-6-13-23/h1-14,25H,15-20H2. The van der Waals surface area contributed by atoms with E-state index < -0.39 is 11.8 Å². The molecular formula is C27H27N3O2. The van der Waals surface area contributed by atoms with Crippen LogP contribution in [0.15, 0.2) is 84.9 Å². The van der Waals surface area contributed by atoms with E-state index >= 15 is 0 Å². The van der Waals surface area contributed by atoms with Gasteiger partial charge in [-0.3, -0.25) is 14.5 Å². The Labute approximate surface area is 188 Å². The maximum atomic E-state index is 13.0. The normalized spacial score (nSPS) is 16.3. The van der Waals surface area contributed by atoms with Crippen molar-refractivity contribution in [3.63, 3.8) is 0 Å². The third-order valence-electron chi connectivity index (χ3n) is 6.51. The second kappa shape index (κ2) is 8.97. The Morgan fingerprint density at radius 1 is 0.625 bits per heavy atom. The predicted octanol–water partition coefficient (Wildman–Crippen LogP) is 3.51. The number of piperazine rings is 1. The van der Waals surface area contributed by atoms with Gasteiger partial charge < -0.3 is 9.80 Å². The van der Waals surface area contributed by atoms with Crippen LogP contribution in [0.1, 0.15) is 22.7 Å². The van der Waals surface area contributed by atoms with Crippen LogP contribution in [0.4, 0.5) is 5.69 Å². The van der Waals surface area contributed by atoms with E-state index in [1.54, 1.807) is 9.80 Å². The number of para-hydroxylation sites is 1. The van der Waals surface area contributed by atoms with Gasteiger partial charge in [0.15, 0.2) is 0 Å². The molecule has 2 aliphatic heterocycles. The van der Waals surface area contributed by atoms with Crippen LogP contribution < -0.4 is 4.90 Å². The summed E-state index contributed by atoms with van der Waals surface area (Å²) in [6.07, 6.45) is 0.804. The molecule has 0 aromatic heterocycles. The van der Waals surface area contributed by atoms with Crippen LogP contribution in [0, 0.1) is 0 Å². The van der Waals surface area contributed by atoms with E-state index in [0.29, 0.717) is 19.6 Å². The molecule has 0 atom stereocenters. The number of amides is 2. The summed E-state index contributed by atoms with van der Waals surface area (Å²) in [7, 11) is 0. The van der Waals surface area contributed by atoms with Crippen molar-refractivity contribution in [1.29, 1.82) is 0 Å². The molecule has 5 nitrogen and oxygen atoms in total. The molecule has 0 N–H and O–H groups in total. The highest BCUT2D eigenvalue weighted by atomic mass is 16.2. The molecule has 162 valence electrons. The molecule has 0 radical (unpaired) electrons. The maximum absolute atomic E-state index is 13.0. The zero-order chi connectivity index (χ0) is 21.9. The second-order valence-corrected chi connectivity index (χ2v) is 8.39. The smallest absolute Gasteiger partial charge is 0.316 e. The summed E-state index contributed by atoms with van der Waals surface area (Å²) in [6.45, 7) is 3.13. The number of nitrogens with zero attached hydrogens (tertiary/aromatic N) is 3. The minimum Gasteiger partial charge on any atom is -0.332 e. The number of hydrogen-bond acceptors (Lipinski definition) is 3. The lowest BCUT2D eigenvalue weighted by Gasteiger charge is -2.39. The molecule has 0 spiro atoms. The number of hydrogen-bond donors (Lipinski definition) is 0. The fraction of sp³-hybridized carbons (Fsp3) is 0.259. The van der Waals surface area contributed by atoms with E-state index in [2.05, 4.69) is 53.4 Å². The first-order valence-electron chi connectivity index (χ1n) is 11.2. The zero-order valence-corrected chi connectivity index (χ0v) is 18.1. The molecule has 0 saturated carbocycles. The summed E-state index contributed by atoms with van der Waals surface area (Å²) < 4.78 is 0. The molecule has 1 fully saturated rings. The van der Waals surface area contributed by atoms with Crippen molar-refractivity contribution in [2.24, 2.45) is 0 Å². The van der Waals surface area contributed by atoms with Crippen LogP contribution in [0.3, 0.4) is 0 Å². The van der Waals surface area contributed by atoms with Crippen molar-refractivity contribution in [3.8, 4) is 0 Å². The van der Waals surface area contributed by atoms with Gasteiger partial charge in [0.25, 0.3) is 0 Å². The molecule has 32 heavy (non-hydrogen) atoms. The highest BCUT2D eigenvalue weighted by Gasteiger charge is 2.34. The highest BCUT2D eigenvalue weighted by Crippen LogP contribution is 2.30. The average molecular weight is 426 g/mol. The molecule has 1 saturated heterocycles. The molecule has 0 bridgehead atoms. The van der Waals surface area contributed by atoms with Gasteiger partial charge in [-0.25, -0.2) is 0 Å². The summed E-state index contributed by atoms with van der Waals surface area (Å²) in [6, 6.07) is 28.9. The Morgan fingerprint density at radius 3 is 1.81 bits per heavy atom. The molecule has 3 aromatic rings. The first-order valence-corrected chi connectivity index (χ1v) is 11.2. The van der Waals surface area contributed by atoms with Crippen LogP contribution in [0.5, 0.6) is 0 Å². The Hall–Kier alpha value is -3.44. The van der Waals surface area contributed by atoms with Gasteiger partial charge in [0.2, 0.25) is 0 Å². The van der Waals surface area contributed by atoms with Gasteiger partial charge in [0.05, 0.1) is 6.04 Å². The number of fused-ring (bicyclic) bond motifs is 1. The molecule has 2 heterocycles. The lowest BCUT2D eigenvalue weighted by atomic mass is 9.96. The molecule has 0 unspecified atom stereocenters. The van der Waals surface area contributed by atoms with Crippen molar-refractivity contribution < 1.29 is 9.59 Å². The summed E-state index contributed by atoms with van der Waals surface area (Å²) in [5, 5.41) is 0. The minimum atomic E-state index is -0.411. The SMILES string of the molecule is O=C(C(=O)N1CCc2ccccc21)N1CCN(C(c2ccccc2)c2ccccc2)CC1. The van der Waals surface area contributed by atoms with Crippen molar-refractivity contribution in [2.75, 3.05) is 37.6 Å². The van der Waals surface area contributed by atoms with Crippen molar-refractivity contribution in [1.82, 2.24) is 9.80 Å². The monoisotopic (exact) mass is 425 g/mol. The number of carbonyl (C=O) groups is 2. The summed E-state index contributed by atoms with van der Waals surface area (Å²) in [5.41, 5.74) is 4.48. The van der Waals surface area contributed by atoms with Crippen LogP contribution in [-0.2, 0) is 16.0 Å². The average Bonchev–Trinajstić information content (AvgIpc) is 3.29. The van der Waals surface area contributed by atoms with Crippen molar-refractivity contribution in [2.45, 2.75) is 12.5 Å². The van der Waals surface area contributed by atoms with Gasteiger partial charge in [-0.2, -0.15) is 0 Å². The van der Waals surface area contributed by atoms with Crippen molar-refractivity contribution >= 4 is 17.5 Å². The van der Waals surface area contributed by atoms with Gasteiger partial charge in [0.1, 0.15) is 0 Å². The first-order chi connectivity index (χ1) is 15.7. The predicted molar refractivity (Wildman–Crippen MR) is 125 cm³/mol. The molecule has 2 aliphatic rings. The number of rotatable bonds is 3. The van der Waals surface area contributed by atoms with Crippen LogP contribution in [-0.4, -0.2) is 54.3 Å². The summed E-state index contributed by atoms with van der Waals surface area (Å²) in [5.74, 6) is -0.802. The Bertz CT molecular complexity index is 1050. The van der Waals surface area contributed by atoms with E-state index in [9.17, 15) is 9.59 Å². The van der Waals surface area contributed by atoms with Crippen molar-refractivity contribution in [3.05, 3.63) is 102 Å². The first kappa shape index (κ1) is 20.5. The molecule has 0 aliphatic carbocycles. The fourth-order valence-electron chi connectivity index (χ4n) is 4.87. The van der Waals surface area contributed by atoms with Gasteiger partial charge in [-0.15, -0.1) is 0 Å². The van der Waals surface area contributed by atoms with Crippen LogP contribution in [0.25, 0.3) is 0 Å². The molecule has 3 aromatic carbocycles. The van der Waals surface area contributed by atoms with Crippen LogP contribution in [0.2, 0.25) is 0 Å². The minimum absolute atomic E-state index is 0.135. The van der Waals surface area contributed by atoms with E-state index in [4.69, 9.17) is 0 Å². The Balaban J connectivity index is 1.29. The lowest BCUT2D eigenvalue weighted by molar-refractivity contribution is -0.145. The second-order valence-electron chi connectivity index (χ2n) is 8.39. The maximum Gasteiger partial charge on any atom is 0.316 e.